The van der Waals surface area contributed by atoms with Crippen molar-refractivity contribution in [1.82, 2.24) is 14.7 Å². The van der Waals surface area contributed by atoms with Crippen LogP contribution in [0.4, 0.5) is 0 Å². The van der Waals surface area contributed by atoms with E-state index in [-0.39, 0.29) is 5.92 Å². The molecule has 0 unspecified atom stereocenters. The Labute approximate surface area is 144 Å². The Kier molecular flexibility index (Phi) is 8.56. The highest BCUT2D eigenvalue weighted by Gasteiger charge is 2.40. The molecule has 136 valence electrons. The van der Waals surface area contributed by atoms with Crippen LogP contribution in [0.5, 0.6) is 0 Å². The maximum absolute atomic E-state index is 12.3. The molecule has 0 saturated carbocycles. The maximum atomic E-state index is 12.3. The molecule has 1 spiro atoms. The van der Waals surface area contributed by atoms with Crippen LogP contribution in [0.25, 0.3) is 0 Å². The van der Waals surface area contributed by atoms with Crippen LogP contribution in [-0.4, -0.2) is 74.0 Å². The number of likely N-dealkylation sites (tertiary alicyclic amines) is 3. The number of piperidine rings is 2. The zero-order valence-electron chi connectivity index (χ0n) is 16.4. The molecule has 3 fully saturated rings. The summed E-state index contributed by atoms with van der Waals surface area (Å²) in [4.78, 5) is 19.1. The fourth-order valence-corrected chi connectivity index (χ4v) is 3.91. The standard InChI is InChI=1S/C15H27N3O.2C2H6/c1-16-7-3-15(4-8-16)5-9-18(10-6-15)14(19)13-11-17(2)12-13;2*1-2/h13H,3-12H2,1-2H3;2*1-2H3. The highest BCUT2D eigenvalue weighted by atomic mass is 16.2. The summed E-state index contributed by atoms with van der Waals surface area (Å²) < 4.78 is 0. The summed E-state index contributed by atoms with van der Waals surface area (Å²) in [6, 6.07) is 0. The lowest BCUT2D eigenvalue weighted by Gasteiger charge is -2.47. The highest BCUT2D eigenvalue weighted by Crippen LogP contribution is 2.41. The predicted octanol–water partition coefficient (Wildman–Crippen LogP) is 2.93. The minimum atomic E-state index is 0.288. The Bertz CT molecular complexity index is 335. The Morgan fingerprint density at radius 2 is 1.22 bits per heavy atom. The second kappa shape index (κ2) is 9.63. The molecule has 0 atom stereocenters. The number of carbonyl (C=O) groups excluding carboxylic acids is 1. The molecule has 23 heavy (non-hydrogen) atoms. The van der Waals surface area contributed by atoms with Gasteiger partial charge in [0, 0.05) is 26.2 Å². The minimum Gasteiger partial charge on any atom is -0.342 e. The van der Waals surface area contributed by atoms with Crippen LogP contribution in [0.3, 0.4) is 0 Å². The first-order chi connectivity index (χ1) is 11.1. The van der Waals surface area contributed by atoms with E-state index in [1.54, 1.807) is 0 Å². The summed E-state index contributed by atoms with van der Waals surface area (Å²) in [6.07, 6.45) is 5.12. The van der Waals surface area contributed by atoms with E-state index in [1.165, 1.54) is 38.8 Å². The van der Waals surface area contributed by atoms with Crippen LogP contribution < -0.4 is 0 Å². The van der Waals surface area contributed by atoms with Crippen LogP contribution in [0.2, 0.25) is 0 Å². The van der Waals surface area contributed by atoms with Crippen molar-refractivity contribution in [3.05, 3.63) is 0 Å². The fourth-order valence-electron chi connectivity index (χ4n) is 3.91. The summed E-state index contributed by atoms with van der Waals surface area (Å²) >= 11 is 0. The van der Waals surface area contributed by atoms with Gasteiger partial charge in [0.2, 0.25) is 5.91 Å². The number of rotatable bonds is 1. The van der Waals surface area contributed by atoms with Gasteiger partial charge in [0.15, 0.2) is 0 Å². The molecule has 3 aliphatic heterocycles. The van der Waals surface area contributed by atoms with Crippen molar-refractivity contribution in [2.24, 2.45) is 11.3 Å². The molecule has 0 aromatic carbocycles. The molecule has 4 nitrogen and oxygen atoms in total. The van der Waals surface area contributed by atoms with Crippen LogP contribution in [0.15, 0.2) is 0 Å². The first kappa shape index (κ1) is 20.4. The normalized spacial score (nSPS) is 24.9. The van der Waals surface area contributed by atoms with Crippen LogP contribution in [-0.2, 0) is 4.79 Å². The largest absolute Gasteiger partial charge is 0.342 e. The third-order valence-electron chi connectivity index (χ3n) is 5.60. The molecular formula is C19H39N3O. The monoisotopic (exact) mass is 325 g/mol. The van der Waals surface area contributed by atoms with Gasteiger partial charge >= 0.3 is 0 Å². The van der Waals surface area contributed by atoms with E-state index >= 15 is 0 Å². The number of hydrogen-bond donors (Lipinski definition) is 0. The molecule has 1 amide bonds. The first-order valence-corrected chi connectivity index (χ1v) is 9.74. The van der Waals surface area contributed by atoms with Crippen LogP contribution >= 0.6 is 0 Å². The summed E-state index contributed by atoms with van der Waals surface area (Å²) in [7, 11) is 4.31. The predicted molar refractivity (Wildman–Crippen MR) is 98.7 cm³/mol. The third kappa shape index (κ3) is 5.18. The van der Waals surface area contributed by atoms with Gasteiger partial charge in [0.05, 0.1) is 5.92 Å². The van der Waals surface area contributed by atoms with Gasteiger partial charge in [0.25, 0.3) is 0 Å². The van der Waals surface area contributed by atoms with Crippen LogP contribution in [0, 0.1) is 11.3 Å². The smallest absolute Gasteiger partial charge is 0.228 e. The average Bonchev–Trinajstić information content (AvgIpc) is 2.59. The van der Waals surface area contributed by atoms with E-state index in [1.807, 2.05) is 27.7 Å². The molecule has 0 aromatic rings. The molecule has 0 aliphatic carbocycles. The van der Waals surface area contributed by atoms with Gasteiger partial charge < -0.3 is 14.7 Å². The Balaban J connectivity index is 0.000000615. The maximum Gasteiger partial charge on any atom is 0.228 e. The van der Waals surface area contributed by atoms with Crippen molar-refractivity contribution >= 4 is 5.91 Å². The van der Waals surface area contributed by atoms with Gasteiger partial charge in [-0.3, -0.25) is 4.79 Å². The molecule has 3 heterocycles. The quantitative estimate of drug-likeness (QED) is 0.741. The topological polar surface area (TPSA) is 26.8 Å². The molecule has 0 bridgehead atoms. The Morgan fingerprint density at radius 3 is 1.65 bits per heavy atom. The lowest BCUT2D eigenvalue weighted by Crippen LogP contribution is -2.55. The molecule has 0 radical (unpaired) electrons. The lowest BCUT2D eigenvalue weighted by molar-refractivity contribution is -0.143. The third-order valence-corrected chi connectivity index (χ3v) is 5.60. The van der Waals surface area contributed by atoms with Crippen molar-refractivity contribution < 1.29 is 4.79 Å². The molecule has 0 aromatic heterocycles. The fraction of sp³-hybridized carbons (Fsp3) is 0.947. The van der Waals surface area contributed by atoms with Crippen molar-refractivity contribution in [3.63, 3.8) is 0 Å². The van der Waals surface area contributed by atoms with Gasteiger partial charge in [-0.2, -0.15) is 0 Å². The molecule has 3 aliphatic rings. The van der Waals surface area contributed by atoms with Crippen molar-refractivity contribution in [3.8, 4) is 0 Å². The van der Waals surface area contributed by atoms with Crippen molar-refractivity contribution in [2.45, 2.75) is 53.4 Å². The van der Waals surface area contributed by atoms with E-state index in [0.717, 1.165) is 26.2 Å². The van der Waals surface area contributed by atoms with Gasteiger partial charge in [-0.25, -0.2) is 0 Å². The lowest BCUT2D eigenvalue weighted by atomic mass is 9.71. The molecule has 3 saturated heterocycles. The zero-order valence-corrected chi connectivity index (χ0v) is 16.4. The zero-order chi connectivity index (χ0) is 17.5. The summed E-state index contributed by atoms with van der Waals surface area (Å²) in [5, 5.41) is 0. The summed E-state index contributed by atoms with van der Waals surface area (Å²) in [5.41, 5.74) is 0.555. The second-order valence-electron chi connectivity index (χ2n) is 7.05. The van der Waals surface area contributed by atoms with Crippen molar-refractivity contribution in [2.75, 3.05) is 53.4 Å². The van der Waals surface area contributed by atoms with E-state index in [4.69, 9.17) is 0 Å². The Hall–Kier alpha value is -0.610. The number of nitrogens with zero attached hydrogens (tertiary/aromatic N) is 3. The van der Waals surface area contributed by atoms with Gasteiger partial charge in [-0.15, -0.1) is 0 Å². The Morgan fingerprint density at radius 1 is 0.783 bits per heavy atom. The molecular weight excluding hydrogens is 286 g/mol. The second-order valence-corrected chi connectivity index (χ2v) is 7.05. The highest BCUT2D eigenvalue weighted by molar-refractivity contribution is 5.80. The van der Waals surface area contributed by atoms with Crippen LogP contribution in [0.1, 0.15) is 53.4 Å². The number of amides is 1. The summed E-state index contributed by atoms with van der Waals surface area (Å²) in [5.74, 6) is 0.706. The van der Waals surface area contributed by atoms with Gasteiger partial charge in [0.1, 0.15) is 0 Å². The van der Waals surface area contributed by atoms with Gasteiger partial charge in [-0.1, -0.05) is 27.7 Å². The molecule has 3 rings (SSSR count). The first-order valence-electron chi connectivity index (χ1n) is 9.74. The molecule has 0 N–H and O–H groups in total. The summed E-state index contributed by atoms with van der Waals surface area (Å²) in [6.45, 7) is 14.4. The van der Waals surface area contributed by atoms with E-state index < -0.39 is 0 Å². The number of hydrogen-bond acceptors (Lipinski definition) is 3. The average molecular weight is 326 g/mol. The van der Waals surface area contributed by atoms with E-state index in [0.29, 0.717) is 11.3 Å². The van der Waals surface area contributed by atoms with Gasteiger partial charge in [-0.05, 0) is 58.3 Å². The minimum absolute atomic E-state index is 0.288. The van der Waals surface area contributed by atoms with E-state index in [9.17, 15) is 4.79 Å². The SMILES string of the molecule is CC.CC.CN1CCC2(CC1)CCN(C(=O)C1CN(C)C1)CC2. The van der Waals surface area contributed by atoms with E-state index in [2.05, 4.69) is 28.8 Å². The number of carbonyl (C=O) groups is 1. The van der Waals surface area contributed by atoms with Crippen molar-refractivity contribution in [1.29, 1.82) is 0 Å². The molecule has 4 heteroatoms.